The molecule has 0 bridgehead atoms. The van der Waals surface area contributed by atoms with Gasteiger partial charge in [0, 0.05) is 12.0 Å². The number of carbonyl (C=O) groups is 2. The molecule has 1 amide bonds. The van der Waals surface area contributed by atoms with E-state index in [1.807, 2.05) is 0 Å². The maximum absolute atomic E-state index is 13.2. The molecule has 6 rings (SSSR count). The average Bonchev–Trinajstić information content (AvgIpc) is 3.36. The molecule has 1 aromatic rings. The monoisotopic (exact) mass is 590 g/mol. The van der Waals surface area contributed by atoms with Crippen molar-refractivity contribution >= 4 is 11.9 Å². The van der Waals surface area contributed by atoms with Crippen molar-refractivity contribution in [3.63, 3.8) is 0 Å². The number of amides is 1. The number of carbonyl (C=O) groups excluding carboxylic acids is 1. The van der Waals surface area contributed by atoms with Crippen LogP contribution in [0.25, 0.3) is 0 Å². The summed E-state index contributed by atoms with van der Waals surface area (Å²) >= 11 is 0. The topological polar surface area (TPSA) is 69.6 Å². The predicted molar refractivity (Wildman–Crippen MR) is 173 cm³/mol. The van der Waals surface area contributed by atoms with Crippen molar-refractivity contribution in [2.24, 2.45) is 45.8 Å². The molecule has 5 fully saturated rings. The van der Waals surface area contributed by atoms with Crippen LogP contribution in [-0.2, 0) is 4.79 Å². The lowest BCUT2D eigenvalue weighted by molar-refractivity contribution is -0.195. The second-order valence-electron chi connectivity index (χ2n) is 17.0. The van der Waals surface area contributed by atoms with Gasteiger partial charge in [-0.15, -0.1) is 0 Å². The molecule has 0 aromatic heterocycles. The fraction of sp³-hybridized carbons (Fsp3) is 0.789. The van der Waals surface area contributed by atoms with Crippen molar-refractivity contribution in [1.82, 2.24) is 10.2 Å². The predicted octanol–water partition coefficient (Wildman–Crippen LogP) is 8.14. The largest absolute Gasteiger partial charge is 0.478 e. The van der Waals surface area contributed by atoms with Gasteiger partial charge in [0.1, 0.15) is 0 Å². The fourth-order valence-corrected chi connectivity index (χ4v) is 12.8. The van der Waals surface area contributed by atoms with Gasteiger partial charge in [0.05, 0.1) is 5.56 Å². The molecule has 5 heteroatoms. The number of aromatic carboxylic acids is 1. The Morgan fingerprint density at radius 1 is 0.837 bits per heavy atom. The van der Waals surface area contributed by atoms with Gasteiger partial charge in [-0.05, 0) is 161 Å². The Bertz CT molecular complexity index is 1210. The minimum atomic E-state index is -0.843. The summed E-state index contributed by atoms with van der Waals surface area (Å²) < 4.78 is 0. The van der Waals surface area contributed by atoms with Crippen LogP contribution in [-0.4, -0.2) is 48.1 Å². The Kier molecular flexibility index (Phi) is 8.09. The van der Waals surface area contributed by atoms with Crippen LogP contribution in [0.4, 0.5) is 0 Å². The number of nitrogens with zero attached hydrogens (tertiary/aromatic N) is 1. The highest BCUT2D eigenvalue weighted by molar-refractivity contribution is 5.87. The van der Waals surface area contributed by atoms with Gasteiger partial charge < -0.3 is 15.3 Å². The van der Waals surface area contributed by atoms with E-state index in [-0.39, 0.29) is 16.9 Å². The second-order valence-corrected chi connectivity index (χ2v) is 17.0. The molecule has 9 atom stereocenters. The minimum Gasteiger partial charge on any atom is -0.478 e. The second kappa shape index (κ2) is 11.2. The van der Waals surface area contributed by atoms with E-state index >= 15 is 0 Å². The summed E-state index contributed by atoms with van der Waals surface area (Å²) in [6.07, 6.45) is 15.6. The Labute approximate surface area is 261 Å². The Balaban J connectivity index is 1.19. The highest BCUT2D eigenvalue weighted by Crippen LogP contribution is 2.73. The third-order valence-corrected chi connectivity index (χ3v) is 14.5. The fourth-order valence-electron chi connectivity index (χ4n) is 12.8. The van der Waals surface area contributed by atoms with Crippen LogP contribution >= 0.6 is 0 Å². The summed E-state index contributed by atoms with van der Waals surface area (Å²) in [4.78, 5) is 26.8. The van der Waals surface area contributed by atoms with E-state index in [2.05, 4.69) is 64.1 Å². The first-order valence-corrected chi connectivity index (χ1v) is 17.6. The summed E-state index contributed by atoms with van der Waals surface area (Å²) in [5.41, 5.74) is 2.68. The van der Waals surface area contributed by atoms with Crippen LogP contribution in [0.2, 0.25) is 0 Å². The van der Waals surface area contributed by atoms with Gasteiger partial charge >= 0.3 is 5.97 Å². The SMILES string of the molecule is CN(C)CCCC(=O)N[C@]12CCC[C@@H]1[C@H]1CCC3[C@@](C)(CCC4C(C)(C)[C@H](c5ccc(C(=O)O)cc5)CC[C@@]43C)C1CC2. The smallest absolute Gasteiger partial charge is 0.335 e. The highest BCUT2D eigenvalue weighted by Gasteiger charge is 2.66. The number of rotatable bonds is 7. The number of carboxylic acid groups (broad SMARTS) is 1. The Hall–Kier alpha value is -1.88. The molecule has 3 unspecified atom stereocenters. The zero-order valence-corrected chi connectivity index (χ0v) is 27.9. The van der Waals surface area contributed by atoms with E-state index < -0.39 is 5.97 Å². The van der Waals surface area contributed by atoms with E-state index in [4.69, 9.17) is 0 Å². The van der Waals surface area contributed by atoms with E-state index in [0.29, 0.717) is 40.6 Å². The molecule has 43 heavy (non-hydrogen) atoms. The number of carboxylic acids is 1. The molecule has 0 spiro atoms. The van der Waals surface area contributed by atoms with Gasteiger partial charge in [0.15, 0.2) is 0 Å². The van der Waals surface area contributed by atoms with E-state index in [1.165, 1.54) is 76.2 Å². The zero-order chi connectivity index (χ0) is 30.8. The number of nitrogens with one attached hydrogen (secondary N) is 1. The molecule has 0 aliphatic heterocycles. The molecule has 5 nitrogen and oxygen atoms in total. The standard InChI is InChI=1S/C38H58N2O3/c1-35(2)28(25-11-13-26(14-12-25)34(42)43)17-21-37(4)31(35)19-22-36(3)29-18-23-38(39-33(41)10-8-24-40(5)6)20-7-9-30(38)27(29)15-16-32(36)37/h11-14,27-32H,7-10,15-24H2,1-6H3,(H,39,41)(H,42,43)/t27-,28-,29?,30+,31?,32?,36-,37-,38-/m0/s1. The molecular formula is C38H58N2O3. The van der Waals surface area contributed by atoms with Crippen molar-refractivity contribution < 1.29 is 14.7 Å². The van der Waals surface area contributed by atoms with Gasteiger partial charge in [-0.3, -0.25) is 4.79 Å². The lowest BCUT2D eigenvalue weighted by atomic mass is 9.35. The first-order chi connectivity index (χ1) is 20.3. The van der Waals surface area contributed by atoms with Crippen LogP contribution in [0.15, 0.2) is 24.3 Å². The van der Waals surface area contributed by atoms with Gasteiger partial charge in [0.2, 0.25) is 5.91 Å². The maximum atomic E-state index is 13.2. The lowest BCUT2D eigenvalue weighted by Gasteiger charge is -2.69. The van der Waals surface area contributed by atoms with Crippen LogP contribution < -0.4 is 5.32 Å². The summed E-state index contributed by atoms with van der Waals surface area (Å²) in [7, 11) is 4.17. The van der Waals surface area contributed by atoms with Crippen molar-refractivity contribution in [3.05, 3.63) is 35.4 Å². The highest BCUT2D eigenvalue weighted by atomic mass is 16.4. The summed E-state index contributed by atoms with van der Waals surface area (Å²) in [5, 5.41) is 13.1. The maximum Gasteiger partial charge on any atom is 0.335 e. The quantitative estimate of drug-likeness (QED) is 0.336. The molecular weight excluding hydrogens is 532 g/mol. The number of hydrogen-bond donors (Lipinski definition) is 2. The first kappa shape index (κ1) is 31.1. The molecule has 238 valence electrons. The third kappa shape index (κ3) is 5.08. The molecule has 0 heterocycles. The zero-order valence-electron chi connectivity index (χ0n) is 27.9. The molecule has 0 saturated heterocycles. The van der Waals surface area contributed by atoms with E-state index in [0.717, 1.165) is 30.7 Å². The average molecular weight is 591 g/mol. The molecule has 2 N–H and O–H groups in total. The van der Waals surface area contributed by atoms with Crippen molar-refractivity contribution in [2.45, 2.75) is 123 Å². The van der Waals surface area contributed by atoms with Crippen LogP contribution in [0.5, 0.6) is 0 Å². The molecule has 5 saturated carbocycles. The Morgan fingerprint density at radius 2 is 1.56 bits per heavy atom. The van der Waals surface area contributed by atoms with Crippen LogP contribution in [0.1, 0.15) is 133 Å². The van der Waals surface area contributed by atoms with Crippen molar-refractivity contribution in [1.29, 1.82) is 0 Å². The number of benzene rings is 1. The third-order valence-electron chi connectivity index (χ3n) is 14.5. The van der Waals surface area contributed by atoms with Gasteiger partial charge in [0.25, 0.3) is 0 Å². The van der Waals surface area contributed by atoms with Gasteiger partial charge in [-0.1, -0.05) is 46.2 Å². The van der Waals surface area contributed by atoms with E-state index in [1.54, 1.807) is 12.1 Å². The van der Waals surface area contributed by atoms with Crippen molar-refractivity contribution in [3.8, 4) is 0 Å². The minimum absolute atomic E-state index is 0.0525. The van der Waals surface area contributed by atoms with E-state index in [9.17, 15) is 14.7 Å². The summed E-state index contributed by atoms with van der Waals surface area (Å²) in [6, 6.07) is 7.79. The molecule has 5 aliphatic carbocycles. The summed E-state index contributed by atoms with van der Waals surface area (Å²) in [6.45, 7) is 11.4. The van der Waals surface area contributed by atoms with Crippen LogP contribution in [0.3, 0.4) is 0 Å². The molecule has 5 aliphatic rings. The normalized spacial score (nSPS) is 41.5. The Morgan fingerprint density at radius 3 is 2.26 bits per heavy atom. The lowest BCUT2D eigenvalue weighted by Crippen LogP contribution is -2.64. The van der Waals surface area contributed by atoms with Gasteiger partial charge in [-0.25, -0.2) is 4.79 Å². The van der Waals surface area contributed by atoms with Gasteiger partial charge in [-0.2, -0.15) is 0 Å². The van der Waals surface area contributed by atoms with Crippen LogP contribution in [0, 0.1) is 45.8 Å². The van der Waals surface area contributed by atoms with Crippen molar-refractivity contribution in [2.75, 3.05) is 20.6 Å². The molecule has 1 aromatic carbocycles. The number of hydrogen-bond acceptors (Lipinski definition) is 3. The number of fused-ring (bicyclic) bond motifs is 7. The molecule has 0 radical (unpaired) electrons. The first-order valence-electron chi connectivity index (χ1n) is 17.6. The summed E-state index contributed by atoms with van der Waals surface area (Å²) in [5.74, 6) is 3.58.